The van der Waals surface area contributed by atoms with Crippen LogP contribution in [0.4, 0.5) is 4.79 Å². The molecule has 2 rings (SSSR count). The van der Waals surface area contributed by atoms with Crippen LogP contribution in [-0.4, -0.2) is 50.8 Å². The van der Waals surface area contributed by atoms with Crippen LogP contribution in [0.25, 0.3) is 0 Å². The third-order valence-electron chi connectivity index (χ3n) is 4.68. The van der Waals surface area contributed by atoms with Crippen molar-refractivity contribution in [1.29, 1.82) is 0 Å². The van der Waals surface area contributed by atoms with Crippen molar-refractivity contribution in [3.8, 4) is 0 Å². The van der Waals surface area contributed by atoms with Gasteiger partial charge in [0.15, 0.2) is 0 Å². The molecule has 0 fully saturated rings. The summed E-state index contributed by atoms with van der Waals surface area (Å²) < 4.78 is 39.7. The molecule has 2 aromatic carbocycles. The van der Waals surface area contributed by atoms with Crippen molar-refractivity contribution < 1.29 is 41.8 Å². The average Bonchev–Trinajstić information content (AvgIpc) is 2.92. The first kappa shape index (κ1) is 30.0. The summed E-state index contributed by atoms with van der Waals surface area (Å²) in [5.74, 6) is -3.24. The second-order valence-corrected chi connectivity index (χ2v) is 9.48. The number of benzene rings is 2. The van der Waals surface area contributed by atoms with Gasteiger partial charge in [0.2, 0.25) is 10.0 Å². The van der Waals surface area contributed by atoms with Gasteiger partial charge >= 0.3 is 18.0 Å². The standard InChI is InChI=1S/C25H29N3O9S/c1-2-35-23(30)14-13-22(29)27-28-38(33,34)16-15-21(24(31)36-17-19-9-5-3-6-10-19)26-25(32)37-18-20-11-7-4-8-12-20/h3-14,21,28H,2,15-18H2,1H3,(H,26,32)(H,27,29). The number of hydrogen-bond acceptors (Lipinski definition) is 9. The zero-order valence-corrected chi connectivity index (χ0v) is 21.4. The summed E-state index contributed by atoms with van der Waals surface area (Å²) in [5, 5.41) is 2.33. The highest BCUT2D eigenvalue weighted by Gasteiger charge is 2.26. The number of carbonyl (C=O) groups is 4. The van der Waals surface area contributed by atoms with Crippen molar-refractivity contribution in [3.05, 3.63) is 83.9 Å². The molecule has 13 heteroatoms. The van der Waals surface area contributed by atoms with Crippen LogP contribution in [0, 0.1) is 0 Å². The van der Waals surface area contributed by atoms with E-state index in [2.05, 4.69) is 10.1 Å². The predicted molar refractivity (Wildman–Crippen MR) is 135 cm³/mol. The summed E-state index contributed by atoms with van der Waals surface area (Å²) in [4.78, 5) is 49.8. The fourth-order valence-electron chi connectivity index (χ4n) is 2.81. The Balaban J connectivity index is 1.95. The number of carbonyl (C=O) groups excluding carboxylic acids is 4. The van der Waals surface area contributed by atoms with Crippen LogP contribution >= 0.6 is 0 Å². The second-order valence-electron chi connectivity index (χ2n) is 7.64. The molecule has 0 aliphatic rings. The highest BCUT2D eigenvalue weighted by atomic mass is 32.2. The van der Waals surface area contributed by atoms with E-state index in [4.69, 9.17) is 9.47 Å². The molecule has 0 spiro atoms. The number of hydrazine groups is 1. The number of sulfonamides is 1. The molecule has 0 saturated carbocycles. The van der Waals surface area contributed by atoms with Crippen molar-refractivity contribution in [3.63, 3.8) is 0 Å². The molecule has 1 unspecified atom stereocenters. The van der Waals surface area contributed by atoms with E-state index in [9.17, 15) is 27.6 Å². The molecule has 12 nitrogen and oxygen atoms in total. The molecule has 0 bridgehead atoms. The molecule has 0 heterocycles. The summed E-state index contributed by atoms with van der Waals surface area (Å²) in [7, 11) is -4.14. The van der Waals surface area contributed by atoms with Gasteiger partial charge in [-0.1, -0.05) is 60.7 Å². The summed E-state index contributed by atoms with van der Waals surface area (Å²) in [6.07, 6.45) is 0.280. The minimum Gasteiger partial charge on any atom is -0.463 e. The Morgan fingerprint density at radius 2 is 1.42 bits per heavy atom. The quantitative estimate of drug-likeness (QED) is 0.137. The Labute approximate surface area is 220 Å². The number of amides is 2. The molecular weight excluding hydrogens is 518 g/mol. The molecule has 204 valence electrons. The van der Waals surface area contributed by atoms with Gasteiger partial charge in [-0.25, -0.2) is 22.8 Å². The van der Waals surface area contributed by atoms with E-state index in [-0.39, 0.29) is 19.8 Å². The van der Waals surface area contributed by atoms with Crippen LogP contribution in [0.5, 0.6) is 0 Å². The lowest BCUT2D eigenvalue weighted by Gasteiger charge is -2.18. The summed E-state index contributed by atoms with van der Waals surface area (Å²) >= 11 is 0. The van der Waals surface area contributed by atoms with Gasteiger partial charge in [0, 0.05) is 12.2 Å². The summed E-state index contributed by atoms with van der Waals surface area (Å²) in [6.45, 7) is 1.54. The lowest BCUT2D eigenvalue weighted by Crippen LogP contribution is -2.46. The van der Waals surface area contributed by atoms with Crippen molar-refractivity contribution in [2.45, 2.75) is 32.6 Å². The lowest BCUT2D eigenvalue weighted by molar-refractivity contribution is -0.147. The van der Waals surface area contributed by atoms with Crippen LogP contribution < -0.4 is 15.6 Å². The van der Waals surface area contributed by atoms with E-state index < -0.39 is 52.2 Å². The maximum Gasteiger partial charge on any atom is 0.408 e. The van der Waals surface area contributed by atoms with Gasteiger partial charge < -0.3 is 19.5 Å². The molecule has 0 aliphatic heterocycles. The lowest BCUT2D eigenvalue weighted by atomic mass is 10.2. The first-order valence-corrected chi connectivity index (χ1v) is 13.2. The van der Waals surface area contributed by atoms with E-state index in [1.165, 1.54) is 0 Å². The maximum atomic E-state index is 12.7. The normalized spacial score (nSPS) is 11.8. The predicted octanol–water partition coefficient (Wildman–Crippen LogP) is 1.48. The van der Waals surface area contributed by atoms with E-state index >= 15 is 0 Å². The Bertz CT molecular complexity index is 1200. The SMILES string of the molecule is CCOC(=O)C=CC(=O)NNS(=O)(=O)CCC(NC(=O)OCc1ccccc1)C(=O)OCc1ccccc1. The van der Waals surface area contributed by atoms with Crippen LogP contribution in [0.2, 0.25) is 0 Å². The zero-order valence-electron chi connectivity index (χ0n) is 20.6. The average molecular weight is 548 g/mol. The van der Waals surface area contributed by atoms with Crippen molar-refractivity contribution in [2.24, 2.45) is 0 Å². The third kappa shape index (κ3) is 12.1. The van der Waals surface area contributed by atoms with Crippen LogP contribution in [0.15, 0.2) is 72.8 Å². The van der Waals surface area contributed by atoms with Crippen LogP contribution in [-0.2, 0) is 51.8 Å². The number of alkyl carbamates (subject to hydrolysis) is 1. The number of ether oxygens (including phenoxy) is 3. The molecular formula is C25H29N3O9S. The molecule has 1 atom stereocenters. The third-order valence-corrected chi connectivity index (χ3v) is 5.86. The second kappa shape index (κ2) is 15.8. The van der Waals surface area contributed by atoms with Gasteiger partial charge in [0.1, 0.15) is 19.3 Å². The zero-order chi connectivity index (χ0) is 27.8. The van der Waals surface area contributed by atoms with Gasteiger partial charge in [0.05, 0.1) is 12.4 Å². The minimum atomic E-state index is -4.14. The monoisotopic (exact) mass is 547 g/mol. The molecule has 0 aliphatic carbocycles. The molecule has 2 amide bonds. The first-order chi connectivity index (χ1) is 18.2. The Hall–Kier alpha value is -4.23. The first-order valence-electron chi connectivity index (χ1n) is 11.5. The van der Waals surface area contributed by atoms with Gasteiger partial charge in [-0.15, -0.1) is 4.83 Å². The molecule has 0 aromatic heterocycles. The van der Waals surface area contributed by atoms with Crippen molar-refractivity contribution >= 4 is 34.0 Å². The van der Waals surface area contributed by atoms with Gasteiger partial charge in [-0.3, -0.25) is 10.2 Å². The maximum absolute atomic E-state index is 12.7. The van der Waals surface area contributed by atoms with Crippen molar-refractivity contribution in [2.75, 3.05) is 12.4 Å². The van der Waals surface area contributed by atoms with Gasteiger partial charge in [-0.05, 0) is 24.5 Å². The van der Waals surface area contributed by atoms with E-state index in [1.54, 1.807) is 67.6 Å². The number of rotatable bonds is 14. The number of hydrogen-bond donors (Lipinski definition) is 3. The molecule has 3 N–H and O–H groups in total. The highest BCUT2D eigenvalue weighted by molar-refractivity contribution is 7.89. The largest absolute Gasteiger partial charge is 0.463 e. The Morgan fingerprint density at radius 1 is 0.842 bits per heavy atom. The fourth-order valence-corrected chi connectivity index (χ4v) is 3.72. The Kier molecular flexibility index (Phi) is 12.5. The highest BCUT2D eigenvalue weighted by Crippen LogP contribution is 2.06. The summed E-state index contributed by atoms with van der Waals surface area (Å²) in [5.41, 5.74) is 3.31. The molecule has 0 radical (unpaired) electrons. The molecule has 0 saturated heterocycles. The van der Waals surface area contributed by atoms with E-state index in [1.807, 2.05) is 10.3 Å². The van der Waals surface area contributed by atoms with E-state index in [0.29, 0.717) is 11.1 Å². The Morgan fingerprint density at radius 3 is 2.00 bits per heavy atom. The smallest absolute Gasteiger partial charge is 0.408 e. The van der Waals surface area contributed by atoms with Gasteiger partial charge in [-0.2, -0.15) is 0 Å². The van der Waals surface area contributed by atoms with E-state index in [0.717, 1.165) is 12.2 Å². The fraction of sp³-hybridized carbons (Fsp3) is 0.280. The number of esters is 2. The molecule has 38 heavy (non-hydrogen) atoms. The van der Waals surface area contributed by atoms with Crippen LogP contribution in [0.3, 0.4) is 0 Å². The van der Waals surface area contributed by atoms with Crippen molar-refractivity contribution in [1.82, 2.24) is 15.6 Å². The topological polar surface area (TPSA) is 166 Å². The molecule has 2 aromatic rings. The number of nitrogens with one attached hydrogen (secondary N) is 3. The van der Waals surface area contributed by atoms with Gasteiger partial charge in [0.25, 0.3) is 5.91 Å². The summed E-state index contributed by atoms with van der Waals surface area (Å²) in [6, 6.07) is 16.2. The minimum absolute atomic E-state index is 0.0658. The van der Waals surface area contributed by atoms with Crippen LogP contribution in [0.1, 0.15) is 24.5 Å².